The highest BCUT2D eigenvalue weighted by atomic mass is 19.1. The topological polar surface area (TPSA) is 12.0 Å². The van der Waals surface area contributed by atoms with Gasteiger partial charge in [0, 0.05) is 6.04 Å². The Labute approximate surface area is 103 Å². The second kappa shape index (κ2) is 4.77. The summed E-state index contributed by atoms with van der Waals surface area (Å²) < 4.78 is 13.4. The van der Waals surface area contributed by atoms with Crippen molar-refractivity contribution in [3.8, 4) is 0 Å². The Balaban J connectivity index is 2.28. The van der Waals surface area contributed by atoms with Crippen LogP contribution in [-0.4, -0.2) is 6.54 Å². The van der Waals surface area contributed by atoms with E-state index >= 15 is 0 Å². The first-order chi connectivity index (χ1) is 8.07. The van der Waals surface area contributed by atoms with Crippen LogP contribution in [0.1, 0.15) is 50.3 Å². The third-order valence-corrected chi connectivity index (χ3v) is 3.89. The monoisotopic (exact) mass is 235 g/mol. The highest BCUT2D eigenvalue weighted by molar-refractivity contribution is 5.32. The molecule has 1 aromatic carbocycles. The molecule has 0 bridgehead atoms. The van der Waals surface area contributed by atoms with Crippen molar-refractivity contribution >= 4 is 0 Å². The fourth-order valence-electron chi connectivity index (χ4n) is 2.43. The first-order valence-electron chi connectivity index (χ1n) is 6.56. The Bertz CT molecular complexity index is 396. The molecule has 17 heavy (non-hydrogen) atoms. The van der Waals surface area contributed by atoms with Gasteiger partial charge in [-0.05, 0) is 61.4 Å². The minimum atomic E-state index is -0.127. The average Bonchev–Trinajstić information content (AvgIpc) is 3.03. The summed E-state index contributed by atoms with van der Waals surface area (Å²) in [4.78, 5) is 0. The molecule has 0 spiro atoms. The molecule has 1 aromatic rings. The van der Waals surface area contributed by atoms with Crippen molar-refractivity contribution in [1.29, 1.82) is 0 Å². The number of hydrogen-bond donors (Lipinski definition) is 1. The Kier molecular flexibility index (Phi) is 3.53. The maximum atomic E-state index is 13.4. The van der Waals surface area contributed by atoms with Gasteiger partial charge in [-0.2, -0.15) is 0 Å². The predicted molar refractivity (Wildman–Crippen MR) is 69.5 cm³/mol. The van der Waals surface area contributed by atoms with Crippen LogP contribution in [0.2, 0.25) is 0 Å². The third-order valence-electron chi connectivity index (χ3n) is 3.89. The van der Waals surface area contributed by atoms with Crippen LogP contribution in [0.15, 0.2) is 18.2 Å². The second-order valence-electron chi connectivity index (χ2n) is 5.54. The van der Waals surface area contributed by atoms with E-state index in [-0.39, 0.29) is 5.82 Å². The van der Waals surface area contributed by atoms with E-state index in [1.807, 2.05) is 6.07 Å². The fourth-order valence-corrected chi connectivity index (χ4v) is 2.43. The summed E-state index contributed by atoms with van der Waals surface area (Å²) >= 11 is 0. The highest BCUT2D eigenvalue weighted by Gasteiger charge is 2.45. The molecule has 0 aromatic heterocycles. The van der Waals surface area contributed by atoms with Crippen molar-refractivity contribution in [3.63, 3.8) is 0 Å². The van der Waals surface area contributed by atoms with E-state index in [9.17, 15) is 4.39 Å². The van der Waals surface area contributed by atoms with Crippen molar-refractivity contribution in [1.82, 2.24) is 5.32 Å². The minimum Gasteiger partial charge on any atom is -0.309 e. The number of benzene rings is 1. The van der Waals surface area contributed by atoms with E-state index in [4.69, 9.17) is 0 Å². The Morgan fingerprint density at radius 2 is 2.12 bits per heavy atom. The molecule has 1 aliphatic carbocycles. The lowest BCUT2D eigenvalue weighted by molar-refractivity contribution is 0.364. The largest absolute Gasteiger partial charge is 0.309 e. The zero-order chi connectivity index (χ0) is 12.5. The van der Waals surface area contributed by atoms with Gasteiger partial charge >= 0.3 is 0 Å². The van der Waals surface area contributed by atoms with E-state index in [0.29, 0.717) is 11.5 Å². The van der Waals surface area contributed by atoms with Gasteiger partial charge in [-0.25, -0.2) is 4.39 Å². The van der Waals surface area contributed by atoms with Crippen LogP contribution in [0.4, 0.5) is 4.39 Å². The molecule has 0 heterocycles. The molecule has 1 nitrogen and oxygen atoms in total. The van der Waals surface area contributed by atoms with Crippen molar-refractivity contribution in [2.24, 2.45) is 5.41 Å². The molecular formula is C15H22FN. The summed E-state index contributed by atoms with van der Waals surface area (Å²) in [5, 5.41) is 3.59. The first-order valence-corrected chi connectivity index (χ1v) is 6.56. The molecule has 1 N–H and O–H groups in total. The van der Waals surface area contributed by atoms with E-state index in [0.717, 1.165) is 18.5 Å². The molecular weight excluding hydrogens is 213 g/mol. The third kappa shape index (κ3) is 2.68. The van der Waals surface area contributed by atoms with Crippen molar-refractivity contribution in [3.05, 3.63) is 35.1 Å². The summed E-state index contributed by atoms with van der Waals surface area (Å²) in [5.41, 5.74) is 2.65. The summed E-state index contributed by atoms with van der Waals surface area (Å²) in [6, 6.07) is 5.44. The fraction of sp³-hybridized carbons (Fsp3) is 0.600. The van der Waals surface area contributed by atoms with Gasteiger partial charge in [0.25, 0.3) is 0 Å². The molecule has 0 amide bonds. The molecule has 1 fully saturated rings. The molecule has 0 saturated heterocycles. The molecule has 1 aliphatic rings. The van der Waals surface area contributed by atoms with Gasteiger partial charge in [0.1, 0.15) is 5.82 Å². The smallest absolute Gasteiger partial charge is 0.123 e. The summed E-state index contributed by atoms with van der Waals surface area (Å²) in [7, 11) is 0. The normalized spacial score (nSPS) is 19.1. The zero-order valence-electron chi connectivity index (χ0n) is 11.0. The second-order valence-corrected chi connectivity index (χ2v) is 5.54. The minimum absolute atomic E-state index is 0.127. The van der Waals surface area contributed by atoms with Gasteiger partial charge in [-0.3, -0.25) is 0 Å². The van der Waals surface area contributed by atoms with Gasteiger partial charge < -0.3 is 5.32 Å². The van der Waals surface area contributed by atoms with Crippen LogP contribution in [0.3, 0.4) is 0 Å². The first kappa shape index (κ1) is 12.6. The van der Waals surface area contributed by atoms with Crippen LogP contribution in [0.5, 0.6) is 0 Å². The number of halogens is 1. The lowest BCUT2D eigenvalue weighted by Gasteiger charge is -2.27. The standard InChI is InChI=1S/C15H22FN/c1-4-9-17-14(15(3)7-8-15)13-10-12(16)6-5-11(13)2/h5-6,10,14,17H,4,7-9H2,1-3H3. The lowest BCUT2D eigenvalue weighted by Crippen LogP contribution is -2.29. The van der Waals surface area contributed by atoms with E-state index in [1.54, 1.807) is 12.1 Å². The number of hydrogen-bond acceptors (Lipinski definition) is 1. The summed E-state index contributed by atoms with van der Waals surface area (Å²) in [5.74, 6) is -0.127. The van der Waals surface area contributed by atoms with E-state index in [2.05, 4.69) is 26.1 Å². The molecule has 94 valence electrons. The molecule has 1 unspecified atom stereocenters. The van der Waals surface area contributed by atoms with Gasteiger partial charge in [0.2, 0.25) is 0 Å². The number of aryl methyl sites for hydroxylation is 1. The van der Waals surface area contributed by atoms with E-state index in [1.165, 1.54) is 18.4 Å². The lowest BCUT2D eigenvalue weighted by atomic mass is 9.89. The average molecular weight is 235 g/mol. The zero-order valence-corrected chi connectivity index (χ0v) is 11.0. The molecule has 0 radical (unpaired) electrons. The molecule has 2 rings (SSSR count). The van der Waals surface area contributed by atoms with Crippen LogP contribution in [0.25, 0.3) is 0 Å². The molecule has 1 atom stereocenters. The summed E-state index contributed by atoms with van der Waals surface area (Å²) in [6.45, 7) is 7.53. The number of rotatable bonds is 5. The quantitative estimate of drug-likeness (QED) is 0.814. The SMILES string of the molecule is CCCNC(c1cc(F)ccc1C)C1(C)CC1. The van der Waals surface area contributed by atoms with Gasteiger partial charge in [-0.1, -0.05) is 19.9 Å². The Hall–Kier alpha value is -0.890. The van der Waals surface area contributed by atoms with Gasteiger partial charge in [0.15, 0.2) is 0 Å². The van der Waals surface area contributed by atoms with Crippen LogP contribution < -0.4 is 5.32 Å². The van der Waals surface area contributed by atoms with Crippen LogP contribution >= 0.6 is 0 Å². The van der Waals surface area contributed by atoms with Crippen LogP contribution in [-0.2, 0) is 0 Å². The maximum Gasteiger partial charge on any atom is 0.123 e. The Morgan fingerprint density at radius 3 is 2.71 bits per heavy atom. The van der Waals surface area contributed by atoms with Gasteiger partial charge in [0.05, 0.1) is 0 Å². The van der Waals surface area contributed by atoms with E-state index < -0.39 is 0 Å². The van der Waals surface area contributed by atoms with Gasteiger partial charge in [-0.15, -0.1) is 0 Å². The van der Waals surface area contributed by atoms with Crippen molar-refractivity contribution in [2.75, 3.05) is 6.54 Å². The maximum absolute atomic E-state index is 13.4. The molecule has 2 heteroatoms. The van der Waals surface area contributed by atoms with Crippen LogP contribution in [0, 0.1) is 18.2 Å². The highest BCUT2D eigenvalue weighted by Crippen LogP contribution is 2.54. The number of nitrogens with one attached hydrogen (secondary N) is 1. The molecule has 0 aliphatic heterocycles. The summed E-state index contributed by atoms with van der Waals surface area (Å²) in [6.07, 6.45) is 3.59. The Morgan fingerprint density at radius 1 is 1.41 bits per heavy atom. The van der Waals surface area contributed by atoms with Crippen molar-refractivity contribution in [2.45, 2.75) is 46.1 Å². The molecule has 1 saturated carbocycles. The van der Waals surface area contributed by atoms with Crippen molar-refractivity contribution < 1.29 is 4.39 Å². The predicted octanol–water partition coefficient (Wildman–Crippen LogP) is 3.97.